The molecule has 1 N–H and O–H groups in total. The predicted octanol–water partition coefficient (Wildman–Crippen LogP) is 1.06. The van der Waals surface area contributed by atoms with Crippen molar-refractivity contribution in [3.63, 3.8) is 0 Å². The van der Waals surface area contributed by atoms with E-state index in [4.69, 9.17) is 9.71 Å². The Hall–Kier alpha value is -0.290. The van der Waals surface area contributed by atoms with Crippen molar-refractivity contribution in [3.05, 3.63) is 0 Å². The molecule has 0 aliphatic carbocycles. The first-order valence-corrected chi connectivity index (χ1v) is 5.27. The number of nitrogens with zero attached hydrogens (tertiary/aromatic N) is 2. The van der Waals surface area contributed by atoms with Crippen molar-refractivity contribution in [2.45, 2.75) is 6.92 Å². The molecule has 0 fully saturated rings. The van der Waals surface area contributed by atoms with Gasteiger partial charge in [0.15, 0.2) is 0 Å². The second-order valence-electron chi connectivity index (χ2n) is 2.17. The van der Waals surface area contributed by atoms with E-state index < -0.39 is 0 Å². The van der Waals surface area contributed by atoms with Crippen molar-refractivity contribution in [1.82, 2.24) is 5.01 Å². The Balaban J connectivity index is 3.19. The van der Waals surface area contributed by atoms with Gasteiger partial charge in [-0.1, -0.05) is 5.22 Å². The molecule has 1 atom stereocenters. The van der Waals surface area contributed by atoms with Gasteiger partial charge in [-0.15, -0.1) is 0 Å². The van der Waals surface area contributed by atoms with Crippen LogP contribution >= 0.6 is 0 Å². The smallest absolute Gasteiger partial charge is 0.143 e. The molecule has 5 heteroatoms. The second-order valence-corrected chi connectivity index (χ2v) is 4.12. The molecule has 0 aromatic rings. The first kappa shape index (κ1) is 10.7. The highest BCUT2D eigenvalue weighted by atomic mass is 32.2. The van der Waals surface area contributed by atoms with E-state index in [1.807, 2.05) is 0 Å². The lowest BCUT2D eigenvalue weighted by Crippen LogP contribution is -2.19. The summed E-state index contributed by atoms with van der Waals surface area (Å²) in [4.78, 5) is 0. The SMILES string of the molecule is CC[S+](C)OCCN(C)N=N. The maximum absolute atomic E-state index is 6.64. The monoisotopic (exact) mass is 178 g/mol. The van der Waals surface area contributed by atoms with Crippen LogP contribution in [0, 0.1) is 5.53 Å². The lowest BCUT2D eigenvalue weighted by molar-refractivity contribution is 0.248. The van der Waals surface area contributed by atoms with Gasteiger partial charge in [-0.2, -0.15) is 9.71 Å². The van der Waals surface area contributed by atoms with Crippen LogP contribution < -0.4 is 0 Å². The van der Waals surface area contributed by atoms with Crippen molar-refractivity contribution in [2.75, 3.05) is 32.2 Å². The minimum absolute atomic E-state index is 0.0750. The molecule has 0 rings (SSSR count). The van der Waals surface area contributed by atoms with E-state index in [1.54, 1.807) is 12.1 Å². The van der Waals surface area contributed by atoms with E-state index in [-0.39, 0.29) is 11.2 Å². The molecule has 0 aliphatic heterocycles. The van der Waals surface area contributed by atoms with Crippen LogP contribution in [0.3, 0.4) is 0 Å². The first-order valence-electron chi connectivity index (χ1n) is 3.55. The van der Waals surface area contributed by atoms with E-state index in [9.17, 15) is 0 Å². The molecule has 0 heterocycles. The third-order valence-electron chi connectivity index (χ3n) is 1.28. The zero-order chi connectivity index (χ0) is 8.69. The average molecular weight is 178 g/mol. The van der Waals surface area contributed by atoms with Crippen LogP contribution in [0.4, 0.5) is 0 Å². The molecule has 1 unspecified atom stereocenters. The number of rotatable bonds is 6. The zero-order valence-electron chi connectivity index (χ0n) is 7.33. The summed E-state index contributed by atoms with van der Waals surface area (Å²) in [6.45, 7) is 3.45. The van der Waals surface area contributed by atoms with E-state index in [0.29, 0.717) is 13.2 Å². The topological polar surface area (TPSA) is 48.7 Å². The highest BCUT2D eigenvalue weighted by Crippen LogP contribution is 1.93. The molecular formula is C6H16N3OS+. The Morgan fingerprint density at radius 3 is 2.73 bits per heavy atom. The number of hydrogen-bond donors (Lipinski definition) is 1. The fourth-order valence-electron chi connectivity index (χ4n) is 0.445. The third-order valence-corrected chi connectivity index (χ3v) is 2.66. The lowest BCUT2D eigenvalue weighted by atomic mass is 10.7. The summed E-state index contributed by atoms with van der Waals surface area (Å²) in [5.74, 6) is 1.06. The van der Waals surface area contributed by atoms with Crippen LogP contribution in [-0.4, -0.2) is 37.2 Å². The average Bonchev–Trinajstić information content (AvgIpc) is 2.04. The molecule has 0 aromatic heterocycles. The van der Waals surface area contributed by atoms with Gasteiger partial charge in [0.25, 0.3) is 0 Å². The molecule has 0 saturated carbocycles. The summed E-state index contributed by atoms with van der Waals surface area (Å²) in [6.07, 6.45) is 2.07. The van der Waals surface area contributed by atoms with Crippen LogP contribution in [0.5, 0.6) is 0 Å². The van der Waals surface area contributed by atoms with Crippen molar-refractivity contribution >= 4 is 11.2 Å². The molecule has 0 amide bonds. The van der Waals surface area contributed by atoms with Crippen LogP contribution in [0.25, 0.3) is 0 Å². The van der Waals surface area contributed by atoms with Crippen LogP contribution in [0.1, 0.15) is 6.92 Å². The second kappa shape index (κ2) is 6.42. The fraction of sp³-hybridized carbons (Fsp3) is 1.00. The highest BCUT2D eigenvalue weighted by molar-refractivity contribution is 7.91. The van der Waals surface area contributed by atoms with E-state index in [0.717, 1.165) is 5.75 Å². The number of nitrogens with one attached hydrogen (secondary N) is 1. The van der Waals surface area contributed by atoms with Crippen molar-refractivity contribution in [1.29, 1.82) is 5.53 Å². The molecule has 11 heavy (non-hydrogen) atoms. The summed E-state index contributed by atoms with van der Waals surface area (Å²) in [5, 5.41) is 4.77. The van der Waals surface area contributed by atoms with Crippen molar-refractivity contribution < 1.29 is 4.18 Å². The van der Waals surface area contributed by atoms with Gasteiger partial charge < -0.3 is 0 Å². The van der Waals surface area contributed by atoms with Crippen LogP contribution in [0.15, 0.2) is 5.22 Å². The van der Waals surface area contributed by atoms with E-state index in [2.05, 4.69) is 18.4 Å². The summed E-state index contributed by atoms with van der Waals surface area (Å²) in [7, 11) is 1.76. The summed E-state index contributed by atoms with van der Waals surface area (Å²) in [6, 6.07) is 0. The largest absolute Gasteiger partial charge is 0.280 e. The number of hydrogen-bond acceptors (Lipinski definition) is 3. The third kappa shape index (κ3) is 6.12. The van der Waals surface area contributed by atoms with Gasteiger partial charge in [0.2, 0.25) is 0 Å². The van der Waals surface area contributed by atoms with Gasteiger partial charge >= 0.3 is 0 Å². The Morgan fingerprint density at radius 1 is 1.64 bits per heavy atom. The van der Waals surface area contributed by atoms with Crippen molar-refractivity contribution in [2.24, 2.45) is 5.22 Å². The van der Waals surface area contributed by atoms with Gasteiger partial charge in [-0.05, 0) is 6.92 Å². The molecule has 0 spiro atoms. The minimum atomic E-state index is 0.0750. The van der Waals surface area contributed by atoms with Gasteiger partial charge in [0, 0.05) is 7.05 Å². The molecule has 0 saturated heterocycles. The Labute approximate surface area is 70.9 Å². The molecule has 4 nitrogen and oxygen atoms in total. The maximum Gasteiger partial charge on any atom is 0.143 e. The Morgan fingerprint density at radius 2 is 2.27 bits per heavy atom. The Bertz CT molecular complexity index is 112. The number of likely N-dealkylation sites (N-methyl/N-ethyl adjacent to an activating group) is 1. The van der Waals surface area contributed by atoms with Gasteiger partial charge in [-0.25, -0.2) is 0 Å². The maximum atomic E-state index is 6.64. The van der Waals surface area contributed by atoms with Gasteiger partial charge in [-0.3, -0.25) is 5.01 Å². The molecule has 0 bridgehead atoms. The predicted molar refractivity (Wildman–Crippen MR) is 47.6 cm³/mol. The molecule has 66 valence electrons. The highest BCUT2D eigenvalue weighted by Gasteiger charge is 2.08. The standard InChI is InChI=1S/C6H16N3OS/c1-4-11(3)10-6-5-9(2)8-7/h7H,4-6H2,1-3H3/q+1. The zero-order valence-corrected chi connectivity index (χ0v) is 8.15. The molecule has 0 radical (unpaired) electrons. The minimum Gasteiger partial charge on any atom is -0.280 e. The van der Waals surface area contributed by atoms with Crippen molar-refractivity contribution in [3.8, 4) is 0 Å². The van der Waals surface area contributed by atoms with Gasteiger partial charge in [0.05, 0.1) is 6.54 Å². The Kier molecular flexibility index (Phi) is 6.25. The summed E-state index contributed by atoms with van der Waals surface area (Å²) >= 11 is 0.0750. The lowest BCUT2D eigenvalue weighted by Gasteiger charge is -2.07. The van der Waals surface area contributed by atoms with Crippen LogP contribution in [-0.2, 0) is 15.4 Å². The molecule has 0 aromatic carbocycles. The van der Waals surface area contributed by atoms with E-state index in [1.165, 1.54) is 0 Å². The quantitative estimate of drug-likeness (QED) is 0.375. The normalized spacial score (nSPS) is 12.6. The molecule has 0 aliphatic rings. The summed E-state index contributed by atoms with van der Waals surface area (Å²) in [5.41, 5.74) is 6.64. The van der Waals surface area contributed by atoms with E-state index >= 15 is 0 Å². The molecular weight excluding hydrogens is 162 g/mol. The van der Waals surface area contributed by atoms with Gasteiger partial charge in [0.1, 0.15) is 29.8 Å². The fourth-order valence-corrected chi connectivity index (χ4v) is 0.971. The van der Waals surface area contributed by atoms with Crippen LogP contribution in [0.2, 0.25) is 0 Å². The first-order chi connectivity index (χ1) is 5.20. The summed E-state index contributed by atoms with van der Waals surface area (Å²) < 4.78 is 5.41.